The zero-order valence-electron chi connectivity index (χ0n) is 14.1. The van der Waals surface area contributed by atoms with Crippen LogP contribution in [0.3, 0.4) is 0 Å². The van der Waals surface area contributed by atoms with Gasteiger partial charge in [0.1, 0.15) is 5.76 Å². The van der Waals surface area contributed by atoms with Crippen LogP contribution < -0.4 is 16.0 Å². The van der Waals surface area contributed by atoms with Gasteiger partial charge in [-0.2, -0.15) is 0 Å². The molecule has 8 nitrogen and oxygen atoms in total. The summed E-state index contributed by atoms with van der Waals surface area (Å²) in [5, 5.41) is 8.12. The van der Waals surface area contributed by atoms with Crippen molar-refractivity contribution in [3.8, 4) is 0 Å². The van der Waals surface area contributed by atoms with Gasteiger partial charge in [-0.05, 0) is 30.3 Å². The predicted molar refractivity (Wildman–Crippen MR) is 96.7 cm³/mol. The Morgan fingerprint density at radius 3 is 2.65 bits per heavy atom. The summed E-state index contributed by atoms with van der Waals surface area (Å²) in [6.07, 6.45) is 1.50. The van der Waals surface area contributed by atoms with Gasteiger partial charge in [0, 0.05) is 17.8 Å². The van der Waals surface area contributed by atoms with Crippen LogP contribution in [0.5, 0.6) is 0 Å². The minimum atomic E-state index is -0.508. The number of carbonyl (C=O) groups is 3. The van der Waals surface area contributed by atoms with Crippen molar-refractivity contribution in [2.45, 2.75) is 6.54 Å². The maximum atomic E-state index is 12.0. The lowest BCUT2D eigenvalue weighted by Gasteiger charge is -2.17. The fourth-order valence-corrected chi connectivity index (χ4v) is 2.19. The molecule has 0 aliphatic heterocycles. The Labute approximate surface area is 155 Å². The van der Waals surface area contributed by atoms with Crippen molar-refractivity contribution < 1.29 is 18.8 Å². The summed E-state index contributed by atoms with van der Waals surface area (Å²) >= 11 is 5.85. The highest BCUT2D eigenvalue weighted by atomic mass is 35.5. The third-order valence-electron chi connectivity index (χ3n) is 3.32. The standard InChI is InChI=1S/C17H19ClN4O4/c1-22(11-15(23)21-13-5-2-4-12(18)8-13)16(24)10-20-17(25)19-9-14-6-3-7-26-14/h2-8H,9-11H2,1H3,(H,21,23)(H2,19,20,25). The van der Waals surface area contributed by atoms with Crippen LogP contribution in [0.2, 0.25) is 5.02 Å². The van der Waals surface area contributed by atoms with E-state index >= 15 is 0 Å². The Hall–Kier alpha value is -3.00. The van der Waals surface area contributed by atoms with E-state index in [0.29, 0.717) is 16.5 Å². The smallest absolute Gasteiger partial charge is 0.315 e. The number of hydrogen-bond donors (Lipinski definition) is 3. The van der Waals surface area contributed by atoms with Crippen LogP contribution in [0.1, 0.15) is 5.76 Å². The van der Waals surface area contributed by atoms with Crippen LogP contribution >= 0.6 is 11.6 Å². The quantitative estimate of drug-likeness (QED) is 0.683. The molecule has 0 fully saturated rings. The molecule has 4 amide bonds. The number of urea groups is 1. The number of halogens is 1. The van der Waals surface area contributed by atoms with E-state index in [1.807, 2.05) is 0 Å². The Morgan fingerprint density at radius 2 is 1.96 bits per heavy atom. The number of hydrogen-bond acceptors (Lipinski definition) is 4. The molecule has 0 aliphatic carbocycles. The minimum absolute atomic E-state index is 0.152. The number of amides is 4. The van der Waals surface area contributed by atoms with Crippen LogP contribution in [0.4, 0.5) is 10.5 Å². The first kappa shape index (κ1) is 19.3. The minimum Gasteiger partial charge on any atom is -0.467 e. The number of furan rings is 1. The third-order valence-corrected chi connectivity index (χ3v) is 3.55. The van der Waals surface area contributed by atoms with Crippen molar-refractivity contribution >= 4 is 35.1 Å². The van der Waals surface area contributed by atoms with E-state index in [0.717, 1.165) is 0 Å². The van der Waals surface area contributed by atoms with E-state index in [1.165, 1.54) is 18.2 Å². The van der Waals surface area contributed by atoms with E-state index in [2.05, 4.69) is 16.0 Å². The van der Waals surface area contributed by atoms with E-state index in [-0.39, 0.29) is 25.5 Å². The fourth-order valence-electron chi connectivity index (χ4n) is 2.00. The average Bonchev–Trinajstić information content (AvgIpc) is 3.11. The summed E-state index contributed by atoms with van der Waals surface area (Å²) in [6, 6.07) is 9.61. The van der Waals surface area contributed by atoms with Crippen LogP contribution in [0.25, 0.3) is 0 Å². The number of carbonyl (C=O) groups excluding carboxylic acids is 3. The number of nitrogens with one attached hydrogen (secondary N) is 3. The van der Waals surface area contributed by atoms with Crippen molar-refractivity contribution in [1.82, 2.24) is 15.5 Å². The normalized spacial score (nSPS) is 10.1. The Kier molecular flexibility index (Phi) is 7.04. The van der Waals surface area contributed by atoms with Crippen molar-refractivity contribution in [2.75, 3.05) is 25.5 Å². The predicted octanol–water partition coefficient (Wildman–Crippen LogP) is 1.83. The van der Waals surface area contributed by atoms with Crippen LogP contribution in [0, 0.1) is 0 Å². The molecule has 9 heteroatoms. The summed E-state index contributed by atoms with van der Waals surface area (Å²) in [5.74, 6) is -0.175. The molecule has 0 radical (unpaired) electrons. The molecule has 1 aromatic heterocycles. The zero-order chi connectivity index (χ0) is 18.9. The van der Waals surface area contributed by atoms with Gasteiger partial charge in [0.2, 0.25) is 11.8 Å². The Bertz CT molecular complexity index is 764. The highest BCUT2D eigenvalue weighted by Crippen LogP contribution is 2.14. The van der Waals surface area contributed by atoms with Crippen LogP contribution in [-0.4, -0.2) is 42.9 Å². The molecule has 138 valence electrons. The van der Waals surface area contributed by atoms with Gasteiger partial charge >= 0.3 is 6.03 Å². The fraction of sp³-hybridized carbons (Fsp3) is 0.235. The number of anilines is 1. The molecule has 26 heavy (non-hydrogen) atoms. The highest BCUT2D eigenvalue weighted by molar-refractivity contribution is 6.30. The van der Waals surface area contributed by atoms with E-state index in [9.17, 15) is 14.4 Å². The van der Waals surface area contributed by atoms with Crippen molar-refractivity contribution in [1.29, 1.82) is 0 Å². The van der Waals surface area contributed by atoms with Crippen molar-refractivity contribution in [3.63, 3.8) is 0 Å². The van der Waals surface area contributed by atoms with Gasteiger partial charge in [-0.3, -0.25) is 9.59 Å². The Balaban J connectivity index is 1.69. The maximum Gasteiger partial charge on any atom is 0.315 e. The molecule has 1 aromatic carbocycles. The van der Waals surface area contributed by atoms with Gasteiger partial charge in [0.05, 0.1) is 25.9 Å². The van der Waals surface area contributed by atoms with E-state index < -0.39 is 11.9 Å². The highest BCUT2D eigenvalue weighted by Gasteiger charge is 2.14. The van der Waals surface area contributed by atoms with Gasteiger partial charge in [-0.1, -0.05) is 17.7 Å². The molecule has 0 unspecified atom stereocenters. The lowest BCUT2D eigenvalue weighted by Crippen LogP contribution is -2.44. The molecule has 0 saturated carbocycles. The molecule has 0 atom stereocenters. The second kappa shape index (κ2) is 9.47. The SMILES string of the molecule is CN(CC(=O)Nc1cccc(Cl)c1)C(=O)CNC(=O)NCc1ccco1. The van der Waals surface area contributed by atoms with Gasteiger partial charge < -0.3 is 25.3 Å². The summed E-state index contributed by atoms with van der Waals surface area (Å²) in [4.78, 5) is 36.8. The average molecular weight is 379 g/mol. The zero-order valence-corrected chi connectivity index (χ0v) is 14.9. The Morgan fingerprint density at radius 1 is 1.15 bits per heavy atom. The summed E-state index contributed by atoms with van der Waals surface area (Å²) in [6.45, 7) is -0.170. The van der Waals surface area contributed by atoms with E-state index in [1.54, 1.807) is 36.4 Å². The molecule has 3 N–H and O–H groups in total. The molecule has 0 bridgehead atoms. The van der Waals surface area contributed by atoms with Gasteiger partial charge in [-0.25, -0.2) is 4.79 Å². The molecule has 2 aromatic rings. The topological polar surface area (TPSA) is 104 Å². The number of nitrogens with zero attached hydrogens (tertiary/aromatic N) is 1. The molecule has 1 heterocycles. The largest absolute Gasteiger partial charge is 0.467 e. The van der Waals surface area contributed by atoms with Gasteiger partial charge in [0.15, 0.2) is 0 Å². The second-order valence-corrected chi connectivity index (χ2v) is 5.86. The molecular formula is C17H19ClN4O4. The summed E-state index contributed by atoms with van der Waals surface area (Å²) in [7, 11) is 1.47. The summed E-state index contributed by atoms with van der Waals surface area (Å²) < 4.78 is 5.08. The monoisotopic (exact) mass is 378 g/mol. The molecule has 2 rings (SSSR count). The van der Waals surface area contributed by atoms with Crippen molar-refractivity contribution in [2.24, 2.45) is 0 Å². The lowest BCUT2D eigenvalue weighted by atomic mass is 10.3. The number of likely N-dealkylation sites (N-methyl/N-ethyl adjacent to an activating group) is 1. The van der Waals surface area contributed by atoms with Crippen LogP contribution in [0.15, 0.2) is 47.1 Å². The number of rotatable bonds is 7. The van der Waals surface area contributed by atoms with E-state index in [4.69, 9.17) is 16.0 Å². The first-order chi connectivity index (χ1) is 12.4. The molecular weight excluding hydrogens is 360 g/mol. The third kappa shape index (κ3) is 6.48. The molecule has 0 saturated heterocycles. The molecule has 0 aliphatic rings. The molecule has 0 spiro atoms. The van der Waals surface area contributed by atoms with Crippen molar-refractivity contribution in [3.05, 3.63) is 53.4 Å². The van der Waals surface area contributed by atoms with Gasteiger partial charge in [-0.15, -0.1) is 0 Å². The second-order valence-electron chi connectivity index (χ2n) is 5.42. The van der Waals surface area contributed by atoms with Gasteiger partial charge in [0.25, 0.3) is 0 Å². The maximum absolute atomic E-state index is 12.0. The first-order valence-corrected chi connectivity index (χ1v) is 8.15. The summed E-state index contributed by atoms with van der Waals surface area (Å²) in [5.41, 5.74) is 0.541. The number of benzene rings is 1. The lowest BCUT2D eigenvalue weighted by molar-refractivity contribution is -0.132. The first-order valence-electron chi connectivity index (χ1n) is 7.77. The van der Waals surface area contributed by atoms with Crippen LogP contribution in [-0.2, 0) is 16.1 Å².